The highest BCUT2D eigenvalue weighted by Gasteiger charge is 1.96. The van der Waals surface area contributed by atoms with E-state index in [4.69, 9.17) is 10.8 Å². The van der Waals surface area contributed by atoms with Gasteiger partial charge in [0.1, 0.15) is 0 Å². The Bertz CT molecular complexity index is 155. The molecular weight excluding hydrogens is 154 g/mol. The number of carboxylic acid groups (broad SMARTS) is 1. The first-order valence-electron chi connectivity index (χ1n) is 4.29. The number of carbonyl (C=O) groups is 1. The van der Waals surface area contributed by atoms with Gasteiger partial charge in [-0.15, -0.1) is 0 Å². The summed E-state index contributed by atoms with van der Waals surface area (Å²) in [6.45, 7) is 2.08. The predicted octanol–water partition coefficient (Wildman–Crippen LogP) is 1.53. The van der Waals surface area contributed by atoms with Gasteiger partial charge in [0.05, 0.1) is 6.42 Å². The monoisotopic (exact) mass is 171 g/mol. The van der Waals surface area contributed by atoms with Crippen LogP contribution in [0.5, 0.6) is 0 Å². The summed E-state index contributed by atoms with van der Waals surface area (Å²) in [7, 11) is 0. The van der Waals surface area contributed by atoms with E-state index in [0.717, 1.165) is 19.3 Å². The molecule has 0 saturated heterocycles. The standard InChI is InChI=1S/C9H17NO2/c1-2-5-8(10)6-3-4-7-9(11)12/h3-4,8H,2,5-7,10H2,1H3,(H,11,12)/b4-3+. The van der Waals surface area contributed by atoms with Crippen LogP contribution >= 0.6 is 0 Å². The first-order chi connectivity index (χ1) is 5.66. The van der Waals surface area contributed by atoms with Crippen molar-refractivity contribution in [3.8, 4) is 0 Å². The average Bonchev–Trinajstić information content (AvgIpc) is 1.98. The maximum atomic E-state index is 10.1. The fourth-order valence-corrected chi connectivity index (χ4v) is 0.944. The average molecular weight is 171 g/mol. The van der Waals surface area contributed by atoms with Crippen LogP contribution in [0, 0.1) is 0 Å². The van der Waals surface area contributed by atoms with E-state index in [-0.39, 0.29) is 12.5 Å². The summed E-state index contributed by atoms with van der Waals surface area (Å²) in [4.78, 5) is 10.1. The molecule has 0 rings (SSSR count). The quantitative estimate of drug-likeness (QED) is 0.596. The minimum absolute atomic E-state index is 0.0961. The van der Waals surface area contributed by atoms with Crippen molar-refractivity contribution < 1.29 is 9.90 Å². The van der Waals surface area contributed by atoms with Crippen molar-refractivity contribution in [1.29, 1.82) is 0 Å². The Hall–Kier alpha value is -0.830. The van der Waals surface area contributed by atoms with Gasteiger partial charge in [0.15, 0.2) is 0 Å². The van der Waals surface area contributed by atoms with Gasteiger partial charge in [0.2, 0.25) is 0 Å². The number of hydrogen-bond donors (Lipinski definition) is 2. The lowest BCUT2D eigenvalue weighted by atomic mass is 10.1. The van der Waals surface area contributed by atoms with Crippen molar-refractivity contribution >= 4 is 5.97 Å². The van der Waals surface area contributed by atoms with E-state index in [1.807, 2.05) is 6.08 Å². The molecular formula is C9H17NO2. The molecule has 3 nitrogen and oxygen atoms in total. The number of rotatable bonds is 6. The van der Waals surface area contributed by atoms with Crippen molar-refractivity contribution in [3.63, 3.8) is 0 Å². The molecule has 1 atom stereocenters. The second kappa shape index (κ2) is 6.85. The molecule has 3 heteroatoms. The zero-order valence-corrected chi connectivity index (χ0v) is 7.49. The van der Waals surface area contributed by atoms with Crippen LogP contribution in [0.25, 0.3) is 0 Å². The summed E-state index contributed by atoms with van der Waals surface area (Å²) in [6.07, 6.45) is 6.44. The molecule has 0 aromatic rings. The molecule has 0 amide bonds. The zero-order chi connectivity index (χ0) is 9.40. The smallest absolute Gasteiger partial charge is 0.307 e. The summed E-state index contributed by atoms with van der Waals surface area (Å²) in [5.41, 5.74) is 5.70. The second-order valence-electron chi connectivity index (χ2n) is 2.85. The molecule has 0 aliphatic rings. The largest absolute Gasteiger partial charge is 0.481 e. The number of aliphatic carboxylic acids is 1. The fourth-order valence-electron chi connectivity index (χ4n) is 0.944. The van der Waals surface area contributed by atoms with E-state index in [9.17, 15) is 4.79 Å². The molecule has 0 aliphatic heterocycles. The Kier molecular flexibility index (Phi) is 6.38. The molecule has 0 bridgehead atoms. The van der Waals surface area contributed by atoms with Gasteiger partial charge in [0.25, 0.3) is 0 Å². The third-order valence-electron chi connectivity index (χ3n) is 1.56. The van der Waals surface area contributed by atoms with Gasteiger partial charge in [-0.3, -0.25) is 4.79 Å². The normalized spacial score (nSPS) is 13.5. The van der Waals surface area contributed by atoms with Crippen molar-refractivity contribution in [2.75, 3.05) is 0 Å². The van der Waals surface area contributed by atoms with Crippen LogP contribution in [-0.2, 0) is 4.79 Å². The maximum absolute atomic E-state index is 10.1. The van der Waals surface area contributed by atoms with Gasteiger partial charge in [-0.05, 0) is 12.8 Å². The van der Waals surface area contributed by atoms with Gasteiger partial charge in [-0.25, -0.2) is 0 Å². The van der Waals surface area contributed by atoms with Crippen LogP contribution in [0.3, 0.4) is 0 Å². The van der Waals surface area contributed by atoms with E-state index in [2.05, 4.69) is 6.92 Å². The Morgan fingerprint density at radius 1 is 1.58 bits per heavy atom. The summed E-state index contributed by atoms with van der Waals surface area (Å²) in [5, 5.41) is 8.30. The second-order valence-corrected chi connectivity index (χ2v) is 2.85. The highest BCUT2D eigenvalue weighted by molar-refractivity contribution is 5.68. The van der Waals surface area contributed by atoms with E-state index >= 15 is 0 Å². The summed E-state index contributed by atoms with van der Waals surface area (Å²) >= 11 is 0. The molecule has 0 saturated carbocycles. The molecule has 0 spiro atoms. The molecule has 0 aliphatic carbocycles. The minimum atomic E-state index is -0.796. The molecule has 0 heterocycles. The van der Waals surface area contributed by atoms with Crippen LogP contribution in [0.1, 0.15) is 32.6 Å². The van der Waals surface area contributed by atoms with Gasteiger partial charge >= 0.3 is 5.97 Å². The molecule has 3 N–H and O–H groups in total. The van der Waals surface area contributed by atoms with Crippen molar-refractivity contribution in [3.05, 3.63) is 12.2 Å². The summed E-state index contributed by atoms with van der Waals surface area (Å²) in [5.74, 6) is -0.796. The van der Waals surface area contributed by atoms with Crippen molar-refractivity contribution in [1.82, 2.24) is 0 Å². The number of carboxylic acids is 1. The Balaban J connectivity index is 3.39. The third kappa shape index (κ3) is 7.28. The molecule has 0 aromatic heterocycles. The first-order valence-corrected chi connectivity index (χ1v) is 4.29. The van der Waals surface area contributed by atoms with Crippen molar-refractivity contribution in [2.45, 2.75) is 38.6 Å². The summed E-state index contributed by atoms with van der Waals surface area (Å²) in [6, 6.07) is 0.181. The molecule has 1 unspecified atom stereocenters. The van der Waals surface area contributed by atoms with Gasteiger partial charge in [0, 0.05) is 6.04 Å². The zero-order valence-electron chi connectivity index (χ0n) is 7.49. The van der Waals surface area contributed by atoms with Crippen LogP contribution < -0.4 is 5.73 Å². The predicted molar refractivity (Wildman–Crippen MR) is 48.9 cm³/mol. The van der Waals surface area contributed by atoms with Crippen LogP contribution in [0.4, 0.5) is 0 Å². The van der Waals surface area contributed by atoms with E-state index in [0.29, 0.717) is 0 Å². The van der Waals surface area contributed by atoms with E-state index < -0.39 is 5.97 Å². The molecule has 0 fully saturated rings. The Morgan fingerprint density at radius 2 is 2.25 bits per heavy atom. The number of hydrogen-bond acceptors (Lipinski definition) is 2. The maximum Gasteiger partial charge on any atom is 0.307 e. The molecule has 0 radical (unpaired) electrons. The van der Waals surface area contributed by atoms with E-state index in [1.54, 1.807) is 6.08 Å². The first kappa shape index (κ1) is 11.2. The van der Waals surface area contributed by atoms with Gasteiger partial charge < -0.3 is 10.8 Å². The third-order valence-corrected chi connectivity index (χ3v) is 1.56. The highest BCUT2D eigenvalue weighted by atomic mass is 16.4. The Labute approximate surface area is 73.3 Å². The highest BCUT2D eigenvalue weighted by Crippen LogP contribution is 1.99. The topological polar surface area (TPSA) is 63.3 Å². The SMILES string of the molecule is CCCC(N)C/C=C/CC(=O)O. The molecule has 70 valence electrons. The van der Waals surface area contributed by atoms with Gasteiger partial charge in [-0.2, -0.15) is 0 Å². The molecule has 12 heavy (non-hydrogen) atoms. The number of nitrogens with two attached hydrogens (primary N) is 1. The fraction of sp³-hybridized carbons (Fsp3) is 0.667. The van der Waals surface area contributed by atoms with Crippen LogP contribution in [-0.4, -0.2) is 17.1 Å². The van der Waals surface area contributed by atoms with Crippen molar-refractivity contribution in [2.24, 2.45) is 5.73 Å². The van der Waals surface area contributed by atoms with Crippen LogP contribution in [0.2, 0.25) is 0 Å². The lowest BCUT2D eigenvalue weighted by Gasteiger charge is -2.04. The van der Waals surface area contributed by atoms with Gasteiger partial charge in [-0.1, -0.05) is 25.5 Å². The summed E-state index contributed by atoms with van der Waals surface area (Å²) < 4.78 is 0. The minimum Gasteiger partial charge on any atom is -0.481 e. The van der Waals surface area contributed by atoms with E-state index in [1.165, 1.54) is 0 Å². The molecule has 0 aromatic carbocycles. The van der Waals surface area contributed by atoms with Crippen LogP contribution in [0.15, 0.2) is 12.2 Å². The lowest BCUT2D eigenvalue weighted by molar-refractivity contribution is -0.136. The Morgan fingerprint density at radius 3 is 2.75 bits per heavy atom. The lowest BCUT2D eigenvalue weighted by Crippen LogP contribution is -2.17.